The second-order valence-electron chi connectivity index (χ2n) is 4.66. The van der Waals surface area contributed by atoms with Crippen LogP contribution in [-0.2, 0) is 0 Å². The maximum absolute atomic E-state index is 5.68. The molecule has 0 N–H and O–H groups in total. The molecule has 0 saturated heterocycles. The molecule has 0 radical (unpaired) electrons. The lowest BCUT2D eigenvalue weighted by Gasteiger charge is -2.12. The number of methoxy groups -OCH3 is 1. The zero-order chi connectivity index (χ0) is 14.4. The normalized spacial score (nSPS) is 10.2. The van der Waals surface area contributed by atoms with Crippen LogP contribution in [0.25, 0.3) is 0 Å². The predicted molar refractivity (Wildman–Crippen MR) is 79.9 cm³/mol. The van der Waals surface area contributed by atoms with Crippen LogP contribution in [0, 0.1) is 13.8 Å². The minimum absolute atomic E-state index is 0.479. The van der Waals surface area contributed by atoms with Crippen molar-refractivity contribution in [3.05, 3.63) is 53.6 Å². The van der Waals surface area contributed by atoms with E-state index in [1.807, 2.05) is 49.4 Å². The van der Waals surface area contributed by atoms with Gasteiger partial charge in [0, 0.05) is 0 Å². The van der Waals surface area contributed by atoms with Gasteiger partial charge in [-0.25, -0.2) is 0 Å². The Morgan fingerprint density at radius 1 is 0.750 bits per heavy atom. The van der Waals surface area contributed by atoms with Crippen LogP contribution in [0.3, 0.4) is 0 Å². The van der Waals surface area contributed by atoms with Gasteiger partial charge in [0.1, 0.15) is 19.0 Å². The maximum Gasteiger partial charge on any atom is 0.161 e. The van der Waals surface area contributed by atoms with Crippen molar-refractivity contribution in [3.63, 3.8) is 0 Å². The van der Waals surface area contributed by atoms with Crippen molar-refractivity contribution in [1.82, 2.24) is 0 Å². The van der Waals surface area contributed by atoms with Crippen molar-refractivity contribution in [2.24, 2.45) is 0 Å². The largest absolute Gasteiger partial charge is 0.493 e. The number of ether oxygens (including phenoxy) is 3. The molecule has 0 atom stereocenters. The highest BCUT2D eigenvalue weighted by molar-refractivity contribution is 5.42. The molecule has 0 fully saturated rings. The Labute approximate surface area is 120 Å². The van der Waals surface area contributed by atoms with Gasteiger partial charge in [-0.05, 0) is 43.7 Å². The molecule has 3 nitrogen and oxygen atoms in total. The molecule has 0 aliphatic carbocycles. The van der Waals surface area contributed by atoms with Crippen LogP contribution in [0.4, 0.5) is 0 Å². The summed E-state index contributed by atoms with van der Waals surface area (Å²) in [6.45, 7) is 5.05. The first kappa shape index (κ1) is 14.3. The summed E-state index contributed by atoms with van der Waals surface area (Å²) in [6, 6.07) is 13.8. The SMILES string of the molecule is COc1cc(C)ccc1OCCOc1ccc(C)cc1. The fraction of sp³-hybridized carbons (Fsp3) is 0.294. The van der Waals surface area contributed by atoms with Crippen LogP contribution in [0.2, 0.25) is 0 Å². The van der Waals surface area contributed by atoms with Gasteiger partial charge in [-0.2, -0.15) is 0 Å². The van der Waals surface area contributed by atoms with Gasteiger partial charge in [0.15, 0.2) is 11.5 Å². The van der Waals surface area contributed by atoms with E-state index < -0.39 is 0 Å². The Bertz CT molecular complexity index is 547. The minimum Gasteiger partial charge on any atom is -0.493 e. The lowest BCUT2D eigenvalue weighted by atomic mass is 10.2. The van der Waals surface area contributed by atoms with Crippen molar-refractivity contribution in [2.45, 2.75) is 13.8 Å². The molecule has 0 spiro atoms. The van der Waals surface area contributed by atoms with Crippen molar-refractivity contribution in [3.8, 4) is 17.2 Å². The summed E-state index contributed by atoms with van der Waals surface area (Å²) in [7, 11) is 1.64. The van der Waals surface area contributed by atoms with Gasteiger partial charge in [-0.3, -0.25) is 0 Å². The Morgan fingerprint density at radius 2 is 1.40 bits per heavy atom. The zero-order valence-electron chi connectivity index (χ0n) is 12.2. The van der Waals surface area contributed by atoms with Crippen LogP contribution in [0.1, 0.15) is 11.1 Å². The molecule has 0 heterocycles. The van der Waals surface area contributed by atoms with Gasteiger partial charge in [0.2, 0.25) is 0 Å². The fourth-order valence-electron chi connectivity index (χ4n) is 1.84. The molecule has 106 valence electrons. The molecule has 2 rings (SSSR count). The van der Waals surface area contributed by atoms with Crippen LogP contribution >= 0.6 is 0 Å². The topological polar surface area (TPSA) is 27.7 Å². The third-order valence-corrected chi connectivity index (χ3v) is 2.95. The molecule has 0 aliphatic heterocycles. The van der Waals surface area contributed by atoms with Crippen LogP contribution in [-0.4, -0.2) is 20.3 Å². The molecule has 0 saturated carbocycles. The first-order chi connectivity index (χ1) is 9.69. The van der Waals surface area contributed by atoms with E-state index in [0.717, 1.165) is 22.8 Å². The van der Waals surface area contributed by atoms with Gasteiger partial charge in [0.05, 0.1) is 7.11 Å². The molecular weight excluding hydrogens is 252 g/mol. The number of hydrogen-bond acceptors (Lipinski definition) is 3. The second kappa shape index (κ2) is 6.85. The van der Waals surface area contributed by atoms with Gasteiger partial charge in [0.25, 0.3) is 0 Å². The third kappa shape index (κ3) is 3.92. The van der Waals surface area contributed by atoms with E-state index in [9.17, 15) is 0 Å². The van der Waals surface area contributed by atoms with E-state index in [2.05, 4.69) is 6.92 Å². The quantitative estimate of drug-likeness (QED) is 0.749. The monoisotopic (exact) mass is 272 g/mol. The Morgan fingerprint density at radius 3 is 2.10 bits per heavy atom. The number of rotatable bonds is 6. The molecule has 0 aliphatic rings. The Balaban J connectivity index is 1.82. The molecule has 3 heteroatoms. The lowest BCUT2D eigenvalue weighted by Crippen LogP contribution is -2.09. The molecule has 2 aromatic rings. The molecule has 0 amide bonds. The van der Waals surface area contributed by atoms with Gasteiger partial charge >= 0.3 is 0 Å². The number of aryl methyl sites for hydroxylation is 2. The van der Waals surface area contributed by atoms with Crippen molar-refractivity contribution in [1.29, 1.82) is 0 Å². The van der Waals surface area contributed by atoms with E-state index in [1.165, 1.54) is 5.56 Å². The van der Waals surface area contributed by atoms with Gasteiger partial charge in [-0.1, -0.05) is 23.8 Å². The first-order valence-corrected chi connectivity index (χ1v) is 6.66. The number of benzene rings is 2. The minimum atomic E-state index is 0.479. The zero-order valence-corrected chi connectivity index (χ0v) is 12.2. The van der Waals surface area contributed by atoms with Crippen LogP contribution in [0.15, 0.2) is 42.5 Å². The summed E-state index contributed by atoms with van der Waals surface area (Å²) < 4.78 is 16.6. The summed E-state index contributed by atoms with van der Waals surface area (Å²) >= 11 is 0. The molecule has 20 heavy (non-hydrogen) atoms. The van der Waals surface area contributed by atoms with Crippen molar-refractivity contribution >= 4 is 0 Å². The summed E-state index contributed by atoms with van der Waals surface area (Å²) in [4.78, 5) is 0. The van der Waals surface area contributed by atoms with E-state index in [-0.39, 0.29) is 0 Å². The first-order valence-electron chi connectivity index (χ1n) is 6.66. The smallest absolute Gasteiger partial charge is 0.161 e. The van der Waals surface area contributed by atoms with Crippen molar-refractivity contribution < 1.29 is 14.2 Å². The maximum atomic E-state index is 5.68. The van der Waals surface area contributed by atoms with Crippen LogP contribution in [0.5, 0.6) is 17.2 Å². The standard InChI is InChI=1S/C17H20O3/c1-13-4-7-15(8-5-13)19-10-11-20-16-9-6-14(2)12-17(16)18-3/h4-9,12H,10-11H2,1-3H3. The highest BCUT2D eigenvalue weighted by Crippen LogP contribution is 2.27. The van der Waals surface area contributed by atoms with E-state index in [1.54, 1.807) is 7.11 Å². The average molecular weight is 272 g/mol. The number of hydrogen-bond donors (Lipinski definition) is 0. The van der Waals surface area contributed by atoms with Crippen LogP contribution < -0.4 is 14.2 Å². The molecule has 0 aromatic heterocycles. The molecule has 2 aromatic carbocycles. The average Bonchev–Trinajstić information content (AvgIpc) is 2.46. The van der Waals surface area contributed by atoms with E-state index in [0.29, 0.717) is 13.2 Å². The second-order valence-corrected chi connectivity index (χ2v) is 4.66. The van der Waals surface area contributed by atoms with E-state index in [4.69, 9.17) is 14.2 Å². The summed E-state index contributed by atoms with van der Waals surface area (Å²) in [5.74, 6) is 2.35. The molecule has 0 unspecified atom stereocenters. The lowest BCUT2D eigenvalue weighted by molar-refractivity contribution is 0.211. The molecular formula is C17H20O3. The summed E-state index contributed by atoms with van der Waals surface area (Å²) in [5, 5.41) is 0. The highest BCUT2D eigenvalue weighted by Gasteiger charge is 2.04. The van der Waals surface area contributed by atoms with Gasteiger partial charge in [-0.15, -0.1) is 0 Å². The highest BCUT2D eigenvalue weighted by atomic mass is 16.5. The van der Waals surface area contributed by atoms with E-state index >= 15 is 0 Å². The van der Waals surface area contributed by atoms with Crippen molar-refractivity contribution in [2.75, 3.05) is 20.3 Å². The van der Waals surface area contributed by atoms with Gasteiger partial charge < -0.3 is 14.2 Å². The third-order valence-electron chi connectivity index (χ3n) is 2.95. The predicted octanol–water partition coefficient (Wildman–Crippen LogP) is 3.77. The summed E-state index contributed by atoms with van der Waals surface area (Å²) in [6.07, 6.45) is 0. The molecule has 0 bridgehead atoms. The summed E-state index contributed by atoms with van der Waals surface area (Å²) in [5.41, 5.74) is 2.36. The Kier molecular flexibility index (Phi) is 4.88. The Hall–Kier alpha value is -2.16. The fourth-order valence-corrected chi connectivity index (χ4v) is 1.84.